The van der Waals surface area contributed by atoms with Crippen LogP contribution in [0.4, 0.5) is 0 Å². The van der Waals surface area contributed by atoms with Gasteiger partial charge in [-0.1, -0.05) is 17.7 Å². The maximum absolute atomic E-state index is 12.1. The number of carbonyl (C=O) groups excluding carboxylic acids is 2. The highest BCUT2D eigenvalue weighted by molar-refractivity contribution is 7.89. The molecule has 0 radical (unpaired) electrons. The van der Waals surface area contributed by atoms with E-state index in [1.807, 2.05) is 17.5 Å². The van der Waals surface area contributed by atoms with E-state index < -0.39 is 32.9 Å². The van der Waals surface area contributed by atoms with Gasteiger partial charge in [0.05, 0.1) is 17.1 Å². The van der Waals surface area contributed by atoms with Crippen LogP contribution in [-0.4, -0.2) is 26.4 Å². The number of ether oxygens (including phenoxy) is 1. The second-order valence-electron chi connectivity index (χ2n) is 5.03. The molecule has 2 rings (SSSR count). The summed E-state index contributed by atoms with van der Waals surface area (Å²) in [7, 11) is -4.09. The van der Waals surface area contributed by atoms with Crippen molar-refractivity contribution in [3.05, 3.63) is 51.2 Å². The van der Waals surface area contributed by atoms with Crippen LogP contribution < -0.4 is 10.5 Å². The van der Waals surface area contributed by atoms with Crippen LogP contribution in [0.3, 0.4) is 0 Å². The van der Waals surface area contributed by atoms with Gasteiger partial charge < -0.3 is 10.1 Å². The first-order chi connectivity index (χ1) is 11.7. The molecule has 25 heavy (non-hydrogen) atoms. The third-order valence-corrected chi connectivity index (χ3v) is 5.41. The molecule has 0 fully saturated rings. The summed E-state index contributed by atoms with van der Waals surface area (Å²) in [5.74, 6) is -1.33. The fourth-order valence-corrected chi connectivity index (χ4v) is 3.58. The Morgan fingerprint density at radius 2 is 2.08 bits per heavy atom. The molecule has 1 aromatic carbocycles. The molecule has 1 heterocycles. The van der Waals surface area contributed by atoms with Gasteiger partial charge in [-0.25, -0.2) is 18.4 Å². The normalized spacial score (nSPS) is 12.4. The Bertz CT molecular complexity index is 881. The fraction of sp³-hybridized carbons (Fsp3) is 0.200. The van der Waals surface area contributed by atoms with Gasteiger partial charge in [-0.05, 0) is 36.6 Å². The van der Waals surface area contributed by atoms with Crippen LogP contribution in [0.25, 0.3) is 0 Å². The van der Waals surface area contributed by atoms with Gasteiger partial charge in [-0.2, -0.15) is 0 Å². The number of halogens is 1. The average molecular weight is 403 g/mol. The van der Waals surface area contributed by atoms with E-state index in [4.69, 9.17) is 21.5 Å². The number of hydrogen-bond donors (Lipinski definition) is 2. The molecule has 0 aliphatic heterocycles. The quantitative estimate of drug-likeness (QED) is 0.716. The molecule has 0 saturated carbocycles. The highest BCUT2D eigenvalue weighted by atomic mass is 35.5. The average Bonchev–Trinajstić information content (AvgIpc) is 3.05. The van der Waals surface area contributed by atoms with Crippen molar-refractivity contribution in [1.29, 1.82) is 0 Å². The minimum Gasteiger partial charge on any atom is -0.449 e. The largest absolute Gasteiger partial charge is 0.449 e. The molecule has 3 N–H and O–H groups in total. The van der Waals surface area contributed by atoms with E-state index in [0.717, 1.165) is 10.9 Å². The van der Waals surface area contributed by atoms with E-state index in [1.54, 1.807) is 0 Å². The predicted molar refractivity (Wildman–Crippen MR) is 93.9 cm³/mol. The van der Waals surface area contributed by atoms with Crippen LogP contribution in [0, 0.1) is 0 Å². The molecule has 0 aliphatic rings. The topological polar surface area (TPSA) is 116 Å². The molecule has 134 valence electrons. The number of benzene rings is 1. The lowest BCUT2D eigenvalue weighted by Crippen LogP contribution is -2.35. The maximum atomic E-state index is 12.1. The second-order valence-corrected chi connectivity index (χ2v) is 8.00. The Balaban J connectivity index is 2.02. The number of carbonyl (C=O) groups is 2. The zero-order chi connectivity index (χ0) is 18.6. The fourth-order valence-electron chi connectivity index (χ4n) is 1.86. The number of thiophene rings is 1. The van der Waals surface area contributed by atoms with Crippen LogP contribution in [0.5, 0.6) is 0 Å². The first-order valence-corrected chi connectivity index (χ1v) is 9.82. The van der Waals surface area contributed by atoms with Crippen molar-refractivity contribution in [3.63, 3.8) is 0 Å². The zero-order valence-electron chi connectivity index (χ0n) is 13.1. The standard InChI is InChI=1S/C15H15ClN2O5S2/c1-9(14(19)18-8-11-3-2-6-24-11)23-15(20)10-4-5-12(16)13(7-10)25(17,21)22/h2-7,9H,8H2,1H3,(H,18,19)(H2,17,21,22). The monoisotopic (exact) mass is 402 g/mol. The van der Waals surface area contributed by atoms with Crippen molar-refractivity contribution < 1.29 is 22.7 Å². The van der Waals surface area contributed by atoms with Crippen molar-refractivity contribution in [2.75, 3.05) is 0 Å². The number of hydrogen-bond acceptors (Lipinski definition) is 6. The summed E-state index contributed by atoms with van der Waals surface area (Å²) in [5, 5.41) is 9.45. The van der Waals surface area contributed by atoms with Gasteiger partial charge in [0.2, 0.25) is 10.0 Å². The highest BCUT2D eigenvalue weighted by Crippen LogP contribution is 2.22. The van der Waals surface area contributed by atoms with E-state index in [9.17, 15) is 18.0 Å². The Hall–Kier alpha value is -1.94. The molecule has 0 saturated heterocycles. The molecule has 1 amide bonds. The van der Waals surface area contributed by atoms with E-state index in [0.29, 0.717) is 6.54 Å². The summed E-state index contributed by atoms with van der Waals surface area (Å²) in [5.41, 5.74) is -0.0775. The van der Waals surface area contributed by atoms with Crippen molar-refractivity contribution in [2.45, 2.75) is 24.5 Å². The van der Waals surface area contributed by atoms with Crippen molar-refractivity contribution >= 4 is 44.8 Å². The molecule has 1 aromatic heterocycles. The lowest BCUT2D eigenvalue weighted by Gasteiger charge is -2.13. The Morgan fingerprint density at radius 1 is 1.36 bits per heavy atom. The molecule has 0 spiro atoms. The summed E-state index contributed by atoms with van der Waals surface area (Å²) in [6, 6.07) is 7.24. The van der Waals surface area contributed by atoms with Gasteiger partial charge in [0.15, 0.2) is 6.10 Å². The van der Waals surface area contributed by atoms with Crippen LogP contribution >= 0.6 is 22.9 Å². The van der Waals surface area contributed by atoms with Crippen molar-refractivity contribution in [2.24, 2.45) is 5.14 Å². The van der Waals surface area contributed by atoms with Gasteiger partial charge >= 0.3 is 5.97 Å². The SMILES string of the molecule is CC(OC(=O)c1ccc(Cl)c(S(N)(=O)=O)c1)C(=O)NCc1cccs1. The molecule has 0 aliphatic carbocycles. The predicted octanol–water partition coefficient (Wildman–Crippen LogP) is 1.91. The molecule has 1 unspecified atom stereocenters. The number of nitrogens with one attached hydrogen (secondary N) is 1. The van der Waals surface area contributed by atoms with Gasteiger partial charge in [0.25, 0.3) is 5.91 Å². The first kappa shape index (κ1) is 19.4. The van der Waals surface area contributed by atoms with E-state index in [2.05, 4.69) is 5.32 Å². The maximum Gasteiger partial charge on any atom is 0.338 e. The smallest absolute Gasteiger partial charge is 0.338 e. The number of primary sulfonamides is 1. The Kier molecular flexibility index (Phi) is 6.17. The van der Waals surface area contributed by atoms with E-state index in [1.165, 1.54) is 30.4 Å². The number of rotatable bonds is 6. The van der Waals surface area contributed by atoms with Gasteiger partial charge in [0.1, 0.15) is 4.90 Å². The third-order valence-electron chi connectivity index (χ3n) is 3.14. The molecular weight excluding hydrogens is 388 g/mol. The van der Waals surface area contributed by atoms with Crippen LogP contribution in [0.2, 0.25) is 5.02 Å². The third kappa shape index (κ3) is 5.27. The molecule has 1 atom stereocenters. The minimum absolute atomic E-state index is 0.0775. The Labute approximate surface area is 153 Å². The lowest BCUT2D eigenvalue weighted by molar-refractivity contribution is -0.129. The molecule has 0 bridgehead atoms. The van der Waals surface area contributed by atoms with Gasteiger partial charge in [0, 0.05) is 4.88 Å². The van der Waals surface area contributed by atoms with Crippen LogP contribution in [0.15, 0.2) is 40.6 Å². The van der Waals surface area contributed by atoms with Crippen LogP contribution in [0.1, 0.15) is 22.2 Å². The summed E-state index contributed by atoms with van der Waals surface area (Å²) in [6.07, 6.45) is -1.05. The molecule has 7 nitrogen and oxygen atoms in total. The van der Waals surface area contributed by atoms with Crippen molar-refractivity contribution in [1.82, 2.24) is 5.32 Å². The zero-order valence-corrected chi connectivity index (χ0v) is 15.5. The number of nitrogens with two attached hydrogens (primary N) is 1. The molecule has 10 heteroatoms. The summed E-state index contributed by atoms with van der Waals surface area (Å²) in [4.78, 5) is 24.6. The summed E-state index contributed by atoms with van der Waals surface area (Å²) >= 11 is 7.25. The second kappa shape index (κ2) is 7.96. The van der Waals surface area contributed by atoms with Crippen LogP contribution in [-0.2, 0) is 26.1 Å². The summed E-state index contributed by atoms with van der Waals surface area (Å²) < 4.78 is 27.9. The molecular formula is C15H15ClN2O5S2. The Morgan fingerprint density at radius 3 is 2.68 bits per heavy atom. The number of amides is 1. The van der Waals surface area contributed by atoms with E-state index in [-0.39, 0.29) is 10.6 Å². The van der Waals surface area contributed by atoms with Gasteiger partial charge in [-0.15, -0.1) is 11.3 Å². The lowest BCUT2D eigenvalue weighted by atomic mass is 10.2. The molecule has 2 aromatic rings. The number of sulfonamides is 1. The van der Waals surface area contributed by atoms with E-state index >= 15 is 0 Å². The minimum atomic E-state index is -4.09. The van der Waals surface area contributed by atoms with Crippen molar-refractivity contribution in [3.8, 4) is 0 Å². The first-order valence-electron chi connectivity index (χ1n) is 7.02. The van der Waals surface area contributed by atoms with Gasteiger partial charge in [-0.3, -0.25) is 4.79 Å². The number of esters is 1. The summed E-state index contributed by atoms with van der Waals surface area (Å²) in [6.45, 7) is 1.74. The highest BCUT2D eigenvalue weighted by Gasteiger charge is 2.21.